The van der Waals surface area contributed by atoms with Gasteiger partial charge in [0.2, 0.25) is 6.79 Å². The highest BCUT2D eigenvalue weighted by molar-refractivity contribution is 7.80. The van der Waals surface area contributed by atoms with E-state index in [1.165, 1.54) is 51.6 Å². The van der Waals surface area contributed by atoms with Crippen molar-refractivity contribution in [1.29, 1.82) is 0 Å². The lowest BCUT2D eigenvalue weighted by Gasteiger charge is -2.55. The number of hydrogen-bond donors (Lipinski definition) is 1. The second-order valence-corrected chi connectivity index (χ2v) is 9.59. The highest BCUT2D eigenvalue weighted by Crippen LogP contribution is 2.45. The van der Waals surface area contributed by atoms with E-state index in [-0.39, 0.29) is 0 Å². The fourth-order valence-corrected chi connectivity index (χ4v) is 6.69. The number of hydrogen-bond acceptors (Lipinski definition) is 4. The number of fused-ring (bicyclic) bond motifs is 7. The topological polar surface area (TPSA) is 37.0 Å². The molecule has 6 heteroatoms. The molecule has 4 atom stereocenters. The normalized spacial score (nSPS) is 32.8. The lowest BCUT2D eigenvalue weighted by molar-refractivity contribution is 0.0132. The molecule has 4 heterocycles. The number of rotatable bonds is 1. The monoisotopic (exact) mass is 411 g/mol. The number of benzene rings is 1. The van der Waals surface area contributed by atoms with Gasteiger partial charge in [-0.3, -0.25) is 4.90 Å². The van der Waals surface area contributed by atoms with Crippen LogP contribution in [0.1, 0.15) is 38.5 Å². The summed E-state index contributed by atoms with van der Waals surface area (Å²) in [6, 6.07) is 7.23. The van der Waals surface area contributed by atoms with Crippen LogP contribution in [0.3, 0.4) is 0 Å². The number of piperidine rings is 3. The molecular formula is C23H29N3O2S. The summed E-state index contributed by atoms with van der Waals surface area (Å²) in [7, 11) is 0. The molecule has 0 saturated carbocycles. The first kappa shape index (κ1) is 18.0. The summed E-state index contributed by atoms with van der Waals surface area (Å²) in [6.07, 6.45) is 10.6. The second kappa shape index (κ2) is 7.17. The fourth-order valence-electron chi connectivity index (χ4n) is 6.37. The molecule has 5 aliphatic rings. The van der Waals surface area contributed by atoms with E-state index in [2.05, 4.69) is 21.2 Å². The van der Waals surface area contributed by atoms with Gasteiger partial charge in [0.1, 0.15) is 0 Å². The van der Waals surface area contributed by atoms with Crippen LogP contribution in [-0.4, -0.2) is 53.4 Å². The molecule has 0 aromatic heterocycles. The number of nitrogens with zero attached hydrogens (tertiary/aromatic N) is 2. The van der Waals surface area contributed by atoms with Gasteiger partial charge in [-0.05, 0) is 74.8 Å². The molecule has 1 N–H and O–H groups in total. The van der Waals surface area contributed by atoms with E-state index < -0.39 is 0 Å². The van der Waals surface area contributed by atoms with Crippen LogP contribution in [0.5, 0.6) is 11.5 Å². The molecule has 1 aromatic carbocycles. The van der Waals surface area contributed by atoms with Crippen LogP contribution >= 0.6 is 12.2 Å². The fraction of sp³-hybridized carbons (Fsp3) is 0.609. The van der Waals surface area contributed by atoms with Gasteiger partial charge < -0.3 is 19.7 Å². The van der Waals surface area contributed by atoms with E-state index in [1.807, 2.05) is 18.2 Å². The lowest BCUT2D eigenvalue weighted by Crippen LogP contribution is -2.60. The Kier molecular flexibility index (Phi) is 4.45. The van der Waals surface area contributed by atoms with Gasteiger partial charge in [-0.1, -0.05) is 18.1 Å². The minimum absolute atomic E-state index is 0.298. The van der Waals surface area contributed by atoms with E-state index in [0.717, 1.165) is 40.8 Å². The van der Waals surface area contributed by atoms with Gasteiger partial charge in [-0.25, -0.2) is 0 Å². The number of thiocarbonyl (C=S) groups is 1. The Morgan fingerprint density at radius 2 is 2.03 bits per heavy atom. The smallest absolute Gasteiger partial charge is 0.231 e. The first-order chi connectivity index (χ1) is 14.3. The van der Waals surface area contributed by atoms with Crippen molar-refractivity contribution >= 4 is 23.0 Å². The molecule has 3 fully saturated rings. The maximum Gasteiger partial charge on any atom is 0.231 e. The van der Waals surface area contributed by atoms with Crippen molar-refractivity contribution in [3.8, 4) is 11.5 Å². The maximum atomic E-state index is 5.92. The quantitative estimate of drug-likeness (QED) is 0.556. The molecule has 0 radical (unpaired) electrons. The highest BCUT2D eigenvalue weighted by Gasteiger charge is 2.46. The molecule has 5 nitrogen and oxygen atoms in total. The van der Waals surface area contributed by atoms with Gasteiger partial charge in [-0.2, -0.15) is 0 Å². The van der Waals surface area contributed by atoms with Crippen molar-refractivity contribution in [2.75, 3.05) is 31.7 Å². The largest absolute Gasteiger partial charge is 0.454 e. The standard InChI is InChI=1S/C23H29N3O2S/c29-23(24-18-6-7-20-21(12-18)28-14-27-20)26-9-3-4-15-10-16-11-17(22(15)26)13-25-8-2-1-5-19(16)25/h6-7,10,12,16-17,19,22H,1-5,8-9,11,13-14H2,(H,24,29)/t16-,17-,19-,22-/m1/s1. The third-order valence-electron chi connectivity index (χ3n) is 7.54. The number of ether oxygens (including phenoxy) is 2. The van der Waals surface area contributed by atoms with Crippen molar-refractivity contribution in [3.63, 3.8) is 0 Å². The van der Waals surface area contributed by atoms with E-state index in [9.17, 15) is 0 Å². The Labute approximate surface area is 178 Å². The average Bonchev–Trinajstić information content (AvgIpc) is 3.21. The Morgan fingerprint density at radius 3 is 3.00 bits per heavy atom. The van der Waals surface area contributed by atoms with Crippen LogP contribution in [0.2, 0.25) is 0 Å². The highest BCUT2D eigenvalue weighted by atomic mass is 32.1. The van der Waals surface area contributed by atoms with E-state index in [0.29, 0.717) is 18.8 Å². The zero-order valence-electron chi connectivity index (χ0n) is 16.8. The first-order valence-electron chi connectivity index (χ1n) is 11.2. The van der Waals surface area contributed by atoms with Crippen molar-refractivity contribution < 1.29 is 9.47 Å². The molecule has 3 saturated heterocycles. The van der Waals surface area contributed by atoms with Crippen LogP contribution in [0.4, 0.5) is 5.69 Å². The van der Waals surface area contributed by atoms with Gasteiger partial charge in [0.15, 0.2) is 16.6 Å². The Hall–Kier alpha value is -1.79. The minimum Gasteiger partial charge on any atom is -0.454 e. The van der Waals surface area contributed by atoms with Gasteiger partial charge in [0, 0.05) is 30.9 Å². The summed E-state index contributed by atoms with van der Waals surface area (Å²) in [4.78, 5) is 5.26. The SMILES string of the molecule is S=C(Nc1ccc2c(c1)OCO2)N1CCCC2=C[C@@H]3C[C@H](CN4CCCC[C@H]34)[C@@H]21. The second-order valence-electron chi connectivity index (χ2n) is 9.20. The summed E-state index contributed by atoms with van der Waals surface area (Å²) in [5, 5.41) is 4.33. The average molecular weight is 412 g/mol. The van der Waals surface area contributed by atoms with Crippen molar-refractivity contribution in [3.05, 3.63) is 29.8 Å². The van der Waals surface area contributed by atoms with Crippen LogP contribution in [-0.2, 0) is 0 Å². The Bertz CT molecular complexity index is 857. The summed E-state index contributed by atoms with van der Waals surface area (Å²) in [5.74, 6) is 3.06. The molecular weight excluding hydrogens is 382 g/mol. The first-order valence-corrected chi connectivity index (χ1v) is 11.6. The zero-order valence-corrected chi connectivity index (χ0v) is 17.6. The molecule has 0 spiro atoms. The Balaban J connectivity index is 1.24. The van der Waals surface area contributed by atoms with Gasteiger partial charge in [0.25, 0.3) is 0 Å². The predicted molar refractivity (Wildman–Crippen MR) is 117 cm³/mol. The van der Waals surface area contributed by atoms with Gasteiger partial charge in [0.05, 0.1) is 6.04 Å². The zero-order chi connectivity index (χ0) is 19.4. The molecule has 29 heavy (non-hydrogen) atoms. The predicted octanol–water partition coefficient (Wildman–Crippen LogP) is 4.01. The van der Waals surface area contributed by atoms with E-state index in [4.69, 9.17) is 21.7 Å². The molecule has 2 bridgehead atoms. The number of anilines is 1. The summed E-state index contributed by atoms with van der Waals surface area (Å²) >= 11 is 5.92. The van der Waals surface area contributed by atoms with E-state index >= 15 is 0 Å². The number of likely N-dealkylation sites (tertiary alicyclic amines) is 1. The van der Waals surface area contributed by atoms with Crippen LogP contribution in [0.25, 0.3) is 0 Å². The third kappa shape index (κ3) is 3.12. The molecule has 4 aliphatic heterocycles. The molecule has 0 amide bonds. The summed E-state index contributed by atoms with van der Waals surface area (Å²) in [6.45, 7) is 3.87. The lowest BCUT2D eigenvalue weighted by atomic mass is 9.68. The van der Waals surface area contributed by atoms with Crippen molar-refractivity contribution in [2.45, 2.75) is 50.6 Å². The number of nitrogens with one attached hydrogen (secondary N) is 1. The minimum atomic E-state index is 0.298. The van der Waals surface area contributed by atoms with Crippen molar-refractivity contribution in [1.82, 2.24) is 9.80 Å². The maximum absolute atomic E-state index is 5.92. The van der Waals surface area contributed by atoms with Gasteiger partial charge >= 0.3 is 0 Å². The third-order valence-corrected chi connectivity index (χ3v) is 7.88. The van der Waals surface area contributed by atoms with Gasteiger partial charge in [-0.15, -0.1) is 0 Å². The van der Waals surface area contributed by atoms with Crippen molar-refractivity contribution in [2.24, 2.45) is 11.8 Å². The van der Waals surface area contributed by atoms with Crippen LogP contribution in [0, 0.1) is 11.8 Å². The summed E-state index contributed by atoms with van der Waals surface area (Å²) in [5.41, 5.74) is 2.63. The molecule has 0 unspecified atom stereocenters. The summed E-state index contributed by atoms with van der Waals surface area (Å²) < 4.78 is 11.0. The molecule has 6 rings (SSSR count). The molecule has 1 aromatic rings. The van der Waals surface area contributed by atoms with Crippen LogP contribution in [0.15, 0.2) is 29.8 Å². The molecule has 1 aliphatic carbocycles. The molecule has 154 valence electrons. The van der Waals surface area contributed by atoms with Crippen LogP contribution < -0.4 is 14.8 Å². The van der Waals surface area contributed by atoms with E-state index in [1.54, 1.807) is 5.57 Å². The Morgan fingerprint density at radius 1 is 1.10 bits per heavy atom.